The van der Waals surface area contributed by atoms with E-state index >= 15 is 0 Å². The van der Waals surface area contributed by atoms with E-state index in [1.807, 2.05) is 32.0 Å². The van der Waals surface area contributed by atoms with Gasteiger partial charge in [0.25, 0.3) is 0 Å². The summed E-state index contributed by atoms with van der Waals surface area (Å²) in [6, 6.07) is 10.5. The quantitative estimate of drug-likeness (QED) is 0.360. The third-order valence-corrected chi connectivity index (χ3v) is 7.40. The number of hydrogen-bond acceptors (Lipinski definition) is 5. The largest absolute Gasteiger partial charge is 0.506 e. The number of pyridine rings is 1. The molecule has 0 aliphatic heterocycles. The molecule has 3 N–H and O–H groups in total. The number of fused-ring (bicyclic) bond motifs is 2. The summed E-state index contributed by atoms with van der Waals surface area (Å²) in [5.74, 6) is -1.25. The first-order valence-electron chi connectivity index (χ1n) is 12.9. The number of unbranched alkanes of at least 4 members (excludes halogenated alkanes) is 2. The summed E-state index contributed by atoms with van der Waals surface area (Å²) in [5, 5.41) is 11.9. The predicted molar refractivity (Wildman–Crippen MR) is 141 cm³/mol. The second-order valence-corrected chi connectivity index (χ2v) is 10.1. The third kappa shape index (κ3) is 3.98. The lowest BCUT2D eigenvalue weighted by Gasteiger charge is -2.26. The fourth-order valence-electron chi connectivity index (χ4n) is 5.35. The zero-order valence-corrected chi connectivity index (χ0v) is 21.5. The van der Waals surface area contributed by atoms with Crippen LogP contribution >= 0.6 is 0 Å². The van der Waals surface area contributed by atoms with E-state index in [1.54, 1.807) is 12.1 Å². The third-order valence-electron chi connectivity index (χ3n) is 7.40. The highest BCUT2D eigenvalue weighted by Crippen LogP contribution is 2.47. The zero-order chi connectivity index (χ0) is 26.2. The predicted octanol–water partition coefficient (Wildman–Crippen LogP) is 6.01. The van der Waals surface area contributed by atoms with E-state index in [0.717, 1.165) is 30.2 Å². The Morgan fingerprint density at radius 2 is 1.75 bits per heavy atom. The van der Waals surface area contributed by atoms with Gasteiger partial charge in [0.2, 0.25) is 5.91 Å². The van der Waals surface area contributed by atoms with Crippen molar-refractivity contribution in [3.8, 4) is 5.75 Å². The van der Waals surface area contributed by atoms with Crippen LogP contribution in [-0.2, 0) is 11.8 Å². The Bertz CT molecular complexity index is 1380. The number of carbonyl (C=O) groups excluding carboxylic acids is 3. The molecule has 0 fully saturated rings. The van der Waals surface area contributed by atoms with E-state index in [4.69, 9.17) is 10.7 Å². The molecule has 6 nitrogen and oxygen atoms in total. The summed E-state index contributed by atoms with van der Waals surface area (Å²) in [6.45, 7) is 8.19. The lowest BCUT2D eigenvalue weighted by atomic mass is 9.74. The van der Waals surface area contributed by atoms with Gasteiger partial charge in [0.1, 0.15) is 16.9 Å². The van der Waals surface area contributed by atoms with Crippen LogP contribution in [0.1, 0.15) is 114 Å². The summed E-state index contributed by atoms with van der Waals surface area (Å²) < 4.78 is 0. The van der Waals surface area contributed by atoms with Crippen molar-refractivity contribution < 1.29 is 19.5 Å². The Morgan fingerprint density at radius 1 is 1.03 bits per heavy atom. The molecule has 1 atom stereocenters. The van der Waals surface area contributed by atoms with E-state index in [0.29, 0.717) is 29.8 Å². The maximum atomic E-state index is 14.3. The first-order chi connectivity index (χ1) is 17.2. The van der Waals surface area contributed by atoms with Gasteiger partial charge in [-0.1, -0.05) is 53.0 Å². The van der Waals surface area contributed by atoms with Gasteiger partial charge in [-0.2, -0.15) is 0 Å². The number of ketones is 2. The molecule has 1 aliphatic rings. The number of amides is 1. The van der Waals surface area contributed by atoms with Crippen molar-refractivity contribution in [3.05, 3.63) is 69.9 Å². The molecule has 4 rings (SSSR count). The Kier molecular flexibility index (Phi) is 6.98. The van der Waals surface area contributed by atoms with Gasteiger partial charge < -0.3 is 10.8 Å². The van der Waals surface area contributed by atoms with Crippen molar-refractivity contribution in [2.45, 2.75) is 77.6 Å². The van der Waals surface area contributed by atoms with Crippen molar-refractivity contribution in [2.24, 2.45) is 5.73 Å². The second-order valence-electron chi connectivity index (χ2n) is 10.1. The van der Waals surface area contributed by atoms with E-state index < -0.39 is 17.1 Å². The first-order valence-corrected chi connectivity index (χ1v) is 12.9. The van der Waals surface area contributed by atoms with Crippen LogP contribution in [0.4, 0.5) is 0 Å². The van der Waals surface area contributed by atoms with Crippen molar-refractivity contribution >= 4 is 28.4 Å². The van der Waals surface area contributed by atoms with Crippen molar-refractivity contribution in [3.63, 3.8) is 0 Å². The van der Waals surface area contributed by atoms with Gasteiger partial charge in [-0.05, 0) is 66.6 Å². The smallest absolute Gasteiger partial charge is 0.249 e. The van der Waals surface area contributed by atoms with Crippen LogP contribution in [0.2, 0.25) is 0 Å². The number of aromatic nitrogens is 1. The van der Waals surface area contributed by atoms with Gasteiger partial charge in [-0.15, -0.1) is 0 Å². The van der Waals surface area contributed by atoms with Crippen molar-refractivity contribution in [2.75, 3.05) is 0 Å². The second kappa shape index (κ2) is 9.84. The molecule has 1 amide bonds. The highest BCUT2D eigenvalue weighted by Gasteiger charge is 2.57. The van der Waals surface area contributed by atoms with Gasteiger partial charge in [-0.3, -0.25) is 14.4 Å². The first kappa shape index (κ1) is 25.5. The van der Waals surface area contributed by atoms with Crippen molar-refractivity contribution in [1.82, 2.24) is 4.98 Å². The Balaban J connectivity index is 1.97. The van der Waals surface area contributed by atoms with Crippen LogP contribution in [0.3, 0.4) is 0 Å². The van der Waals surface area contributed by atoms with E-state index in [-0.39, 0.29) is 40.3 Å². The Hall–Kier alpha value is -3.54. The summed E-state index contributed by atoms with van der Waals surface area (Å²) in [4.78, 5) is 45.3. The van der Waals surface area contributed by atoms with Crippen LogP contribution < -0.4 is 5.73 Å². The zero-order valence-electron chi connectivity index (χ0n) is 21.5. The fourth-order valence-corrected chi connectivity index (χ4v) is 5.35. The van der Waals surface area contributed by atoms with Crippen LogP contribution in [0.5, 0.6) is 5.75 Å². The minimum Gasteiger partial charge on any atom is -0.506 e. The molecular weight excluding hydrogens is 452 g/mol. The monoisotopic (exact) mass is 486 g/mol. The summed E-state index contributed by atoms with van der Waals surface area (Å²) >= 11 is 0. The van der Waals surface area contributed by atoms with Crippen LogP contribution in [-0.4, -0.2) is 27.6 Å². The van der Waals surface area contributed by atoms with E-state index in [1.165, 1.54) is 6.07 Å². The molecule has 2 aromatic carbocycles. The number of rotatable bonds is 9. The van der Waals surface area contributed by atoms with Gasteiger partial charge in [0.15, 0.2) is 11.6 Å². The SMILES string of the molecule is CCCCc1c(C(N)=O)ccc2c1C(=O)C(CCCC)(c1nc3ccc(C(C)C)cc3cc1O)C2=O. The highest BCUT2D eigenvalue weighted by atomic mass is 16.3. The lowest BCUT2D eigenvalue weighted by molar-refractivity contribution is 0.0773. The van der Waals surface area contributed by atoms with Gasteiger partial charge in [0, 0.05) is 22.1 Å². The molecule has 188 valence electrons. The molecule has 0 saturated heterocycles. The molecule has 1 aromatic heterocycles. The minimum atomic E-state index is -1.63. The van der Waals surface area contributed by atoms with Crippen LogP contribution in [0.15, 0.2) is 36.4 Å². The molecule has 0 bridgehead atoms. The topological polar surface area (TPSA) is 110 Å². The summed E-state index contributed by atoms with van der Waals surface area (Å²) in [5.41, 5.74) is 7.17. The average molecular weight is 487 g/mol. The Morgan fingerprint density at radius 3 is 2.39 bits per heavy atom. The van der Waals surface area contributed by atoms with Crippen LogP contribution in [0, 0.1) is 0 Å². The fraction of sp³-hybridized carbons (Fsp3) is 0.400. The number of aromatic hydroxyl groups is 1. The molecule has 0 spiro atoms. The maximum absolute atomic E-state index is 14.3. The Labute approximate surface area is 211 Å². The van der Waals surface area contributed by atoms with Gasteiger partial charge in [-0.25, -0.2) is 4.98 Å². The van der Waals surface area contributed by atoms with E-state index in [2.05, 4.69) is 13.8 Å². The number of nitrogens with two attached hydrogens (primary N) is 1. The lowest BCUT2D eigenvalue weighted by Crippen LogP contribution is -2.39. The normalized spacial score (nSPS) is 17.2. The molecule has 1 heterocycles. The van der Waals surface area contributed by atoms with Gasteiger partial charge in [0.05, 0.1) is 5.52 Å². The summed E-state index contributed by atoms with van der Waals surface area (Å²) in [7, 11) is 0. The number of nitrogens with zero attached hydrogens (tertiary/aromatic N) is 1. The number of carbonyl (C=O) groups is 3. The standard InChI is InChI=1S/C30H34N2O4/c1-5-7-9-20-21(29(31)36)11-12-22-25(20)28(35)30(27(22)34,14-8-6-2)26-24(33)16-19-15-18(17(3)4)10-13-23(19)32-26/h10-13,15-17,33H,5-9,14H2,1-4H3,(H2,31,36). The average Bonchev–Trinajstić information content (AvgIpc) is 3.07. The number of benzene rings is 2. The molecule has 6 heteroatoms. The minimum absolute atomic E-state index is 0.0917. The van der Waals surface area contributed by atoms with Gasteiger partial charge >= 0.3 is 0 Å². The number of Topliss-reactive ketones (excluding diaryl/α,β-unsaturated/α-hetero) is 2. The number of hydrogen-bond donors (Lipinski definition) is 2. The molecule has 1 unspecified atom stereocenters. The molecule has 0 radical (unpaired) electrons. The molecule has 1 aliphatic carbocycles. The molecule has 3 aromatic rings. The highest BCUT2D eigenvalue weighted by molar-refractivity contribution is 6.34. The van der Waals surface area contributed by atoms with Crippen molar-refractivity contribution in [1.29, 1.82) is 0 Å². The maximum Gasteiger partial charge on any atom is 0.249 e. The van der Waals surface area contributed by atoms with Crippen LogP contribution in [0.25, 0.3) is 10.9 Å². The number of primary amides is 1. The summed E-state index contributed by atoms with van der Waals surface area (Å²) in [6.07, 6.45) is 3.67. The molecule has 0 saturated carbocycles. The van der Waals surface area contributed by atoms with E-state index in [9.17, 15) is 19.5 Å². The molecular formula is C30H34N2O4. The molecule has 36 heavy (non-hydrogen) atoms.